The van der Waals surface area contributed by atoms with Crippen LogP contribution in [-0.2, 0) is 4.79 Å². The lowest BCUT2D eigenvalue weighted by Gasteiger charge is -2.34. The molecule has 0 spiro atoms. The van der Waals surface area contributed by atoms with Crippen molar-refractivity contribution in [2.24, 2.45) is 0 Å². The van der Waals surface area contributed by atoms with Gasteiger partial charge in [-0.25, -0.2) is 4.98 Å². The number of hydrogen-bond donors (Lipinski definition) is 2. The van der Waals surface area contributed by atoms with E-state index in [1.54, 1.807) is 61.8 Å². The first-order valence-electron chi connectivity index (χ1n) is 10.8. The molecule has 0 aliphatic carbocycles. The van der Waals surface area contributed by atoms with E-state index in [1.165, 1.54) is 0 Å². The Morgan fingerprint density at radius 3 is 2.18 bits per heavy atom. The van der Waals surface area contributed by atoms with E-state index in [0.717, 1.165) is 37.7 Å². The number of nitrogens with one attached hydrogen (secondary N) is 2. The fraction of sp³-hybridized carbons (Fsp3) is 0.240. The lowest BCUT2D eigenvalue weighted by Crippen LogP contribution is -2.48. The first kappa shape index (κ1) is 22.3. The number of amides is 2. The molecule has 1 fully saturated rings. The Labute approximate surface area is 193 Å². The van der Waals surface area contributed by atoms with Crippen molar-refractivity contribution in [2.75, 3.05) is 55.4 Å². The SMILES string of the molecule is COc1ccc(NC(=O)c2ccc(NC(=O)CN3CCN(c4ccccn4)CC3)cc2)cc1. The Morgan fingerprint density at radius 1 is 0.879 bits per heavy atom. The van der Waals surface area contributed by atoms with Gasteiger partial charge in [-0.05, 0) is 60.7 Å². The van der Waals surface area contributed by atoms with E-state index in [1.807, 2.05) is 18.2 Å². The maximum atomic E-state index is 12.5. The summed E-state index contributed by atoms with van der Waals surface area (Å²) >= 11 is 0. The second-order valence-corrected chi connectivity index (χ2v) is 7.76. The molecule has 0 saturated carbocycles. The number of carbonyl (C=O) groups excluding carboxylic acids is 2. The molecule has 1 aromatic heterocycles. The fourth-order valence-electron chi connectivity index (χ4n) is 3.66. The third kappa shape index (κ3) is 6.08. The van der Waals surface area contributed by atoms with Crippen LogP contribution in [0.5, 0.6) is 5.75 Å². The zero-order valence-corrected chi connectivity index (χ0v) is 18.5. The summed E-state index contributed by atoms with van der Waals surface area (Å²) in [5, 5.41) is 5.75. The molecule has 0 unspecified atom stereocenters. The monoisotopic (exact) mass is 445 g/mol. The summed E-state index contributed by atoms with van der Waals surface area (Å²) in [4.78, 5) is 33.7. The molecular formula is C25H27N5O3. The average Bonchev–Trinajstić information content (AvgIpc) is 2.86. The van der Waals surface area contributed by atoms with Gasteiger partial charge in [-0.15, -0.1) is 0 Å². The minimum atomic E-state index is -0.219. The van der Waals surface area contributed by atoms with Crippen molar-refractivity contribution in [1.82, 2.24) is 9.88 Å². The molecule has 0 bridgehead atoms. The standard InChI is InChI=1S/C25H27N5O3/c1-33-22-11-9-21(10-12-22)28-25(32)19-5-7-20(8-6-19)27-24(31)18-29-14-16-30(17-15-29)23-4-2-3-13-26-23/h2-13H,14-18H2,1H3,(H,27,31)(H,28,32). The number of piperazine rings is 1. The first-order chi connectivity index (χ1) is 16.1. The molecule has 2 amide bonds. The Hall–Kier alpha value is -3.91. The third-order valence-electron chi connectivity index (χ3n) is 5.49. The van der Waals surface area contributed by atoms with Gasteiger partial charge >= 0.3 is 0 Å². The third-order valence-corrected chi connectivity index (χ3v) is 5.49. The van der Waals surface area contributed by atoms with Crippen molar-refractivity contribution in [3.05, 3.63) is 78.5 Å². The van der Waals surface area contributed by atoms with Gasteiger partial charge in [0.15, 0.2) is 0 Å². The molecule has 2 heterocycles. The van der Waals surface area contributed by atoms with Crippen LogP contribution >= 0.6 is 0 Å². The number of pyridine rings is 1. The van der Waals surface area contributed by atoms with E-state index < -0.39 is 0 Å². The van der Waals surface area contributed by atoms with E-state index in [2.05, 4.69) is 25.4 Å². The number of hydrogen-bond acceptors (Lipinski definition) is 6. The molecule has 3 aromatic rings. The van der Waals surface area contributed by atoms with Crippen molar-refractivity contribution in [3.63, 3.8) is 0 Å². The Bertz CT molecular complexity index is 1060. The molecule has 2 aromatic carbocycles. The zero-order chi connectivity index (χ0) is 23.0. The van der Waals surface area contributed by atoms with Crippen molar-refractivity contribution >= 4 is 29.0 Å². The van der Waals surface area contributed by atoms with Gasteiger partial charge in [0.25, 0.3) is 5.91 Å². The normalized spacial score (nSPS) is 13.9. The van der Waals surface area contributed by atoms with E-state index in [-0.39, 0.29) is 11.8 Å². The average molecular weight is 446 g/mol. The molecule has 1 aliphatic heterocycles. The minimum Gasteiger partial charge on any atom is -0.497 e. The number of carbonyl (C=O) groups is 2. The molecule has 2 N–H and O–H groups in total. The zero-order valence-electron chi connectivity index (χ0n) is 18.5. The van der Waals surface area contributed by atoms with Gasteiger partial charge in [-0.1, -0.05) is 6.07 Å². The van der Waals surface area contributed by atoms with Gasteiger partial charge in [-0.3, -0.25) is 14.5 Å². The van der Waals surface area contributed by atoms with Crippen LogP contribution in [-0.4, -0.2) is 61.5 Å². The van der Waals surface area contributed by atoms with Gasteiger partial charge in [0.2, 0.25) is 5.91 Å². The molecule has 33 heavy (non-hydrogen) atoms. The minimum absolute atomic E-state index is 0.0725. The molecular weight excluding hydrogens is 418 g/mol. The van der Waals surface area contributed by atoms with Gasteiger partial charge in [0.1, 0.15) is 11.6 Å². The van der Waals surface area contributed by atoms with Crippen LogP contribution in [0.25, 0.3) is 0 Å². The van der Waals surface area contributed by atoms with E-state index >= 15 is 0 Å². The number of anilines is 3. The molecule has 4 rings (SSSR count). The topological polar surface area (TPSA) is 86.8 Å². The first-order valence-corrected chi connectivity index (χ1v) is 10.8. The summed E-state index contributed by atoms with van der Waals surface area (Å²) in [6.07, 6.45) is 1.79. The van der Waals surface area contributed by atoms with E-state index in [0.29, 0.717) is 23.5 Å². The molecule has 1 aliphatic rings. The van der Waals surface area contributed by atoms with Gasteiger partial charge in [-0.2, -0.15) is 0 Å². The molecule has 0 atom stereocenters. The molecule has 1 saturated heterocycles. The Balaban J connectivity index is 1.24. The van der Waals surface area contributed by atoms with Crippen LogP contribution in [0.4, 0.5) is 17.2 Å². The van der Waals surface area contributed by atoms with E-state index in [9.17, 15) is 9.59 Å². The van der Waals surface area contributed by atoms with Crippen LogP contribution in [0.15, 0.2) is 72.9 Å². The summed E-state index contributed by atoms with van der Waals surface area (Å²) in [7, 11) is 1.59. The highest BCUT2D eigenvalue weighted by Crippen LogP contribution is 2.17. The quantitative estimate of drug-likeness (QED) is 0.581. The van der Waals surface area contributed by atoms with Gasteiger partial charge in [0, 0.05) is 49.3 Å². The van der Waals surface area contributed by atoms with Crippen LogP contribution in [0.1, 0.15) is 10.4 Å². The number of rotatable bonds is 7. The van der Waals surface area contributed by atoms with Crippen LogP contribution in [0, 0.1) is 0 Å². The maximum absolute atomic E-state index is 12.5. The van der Waals surface area contributed by atoms with Crippen molar-refractivity contribution < 1.29 is 14.3 Å². The van der Waals surface area contributed by atoms with Crippen LogP contribution in [0.2, 0.25) is 0 Å². The maximum Gasteiger partial charge on any atom is 0.255 e. The van der Waals surface area contributed by atoms with Crippen molar-refractivity contribution in [1.29, 1.82) is 0 Å². The lowest BCUT2D eigenvalue weighted by atomic mass is 10.2. The van der Waals surface area contributed by atoms with Crippen molar-refractivity contribution in [2.45, 2.75) is 0 Å². The summed E-state index contributed by atoms with van der Waals surface area (Å²) in [6.45, 7) is 3.60. The number of methoxy groups -OCH3 is 1. The van der Waals surface area contributed by atoms with Crippen LogP contribution < -0.4 is 20.3 Å². The Morgan fingerprint density at radius 2 is 1.55 bits per heavy atom. The summed E-state index contributed by atoms with van der Waals surface area (Å²) in [5.41, 5.74) is 1.85. The number of aromatic nitrogens is 1. The second-order valence-electron chi connectivity index (χ2n) is 7.76. The number of ether oxygens (including phenoxy) is 1. The highest BCUT2D eigenvalue weighted by molar-refractivity contribution is 6.04. The summed E-state index contributed by atoms with van der Waals surface area (Å²) < 4.78 is 5.12. The fourth-order valence-corrected chi connectivity index (χ4v) is 3.66. The van der Waals surface area contributed by atoms with E-state index in [4.69, 9.17) is 4.74 Å². The number of benzene rings is 2. The number of nitrogens with zero attached hydrogens (tertiary/aromatic N) is 3. The molecule has 8 heteroatoms. The highest BCUT2D eigenvalue weighted by Gasteiger charge is 2.19. The van der Waals surface area contributed by atoms with Crippen LogP contribution in [0.3, 0.4) is 0 Å². The summed E-state index contributed by atoms with van der Waals surface area (Å²) in [6, 6.07) is 19.9. The summed E-state index contributed by atoms with van der Waals surface area (Å²) in [5.74, 6) is 1.40. The molecule has 8 nitrogen and oxygen atoms in total. The largest absolute Gasteiger partial charge is 0.497 e. The molecule has 170 valence electrons. The Kier molecular flexibility index (Phi) is 7.16. The predicted octanol–water partition coefficient (Wildman–Crippen LogP) is 3.10. The van der Waals surface area contributed by atoms with Crippen molar-refractivity contribution in [3.8, 4) is 5.75 Å². The smallest absolute Gasteiger partial charge is 0.255 e. The predicted molar refractivity (Wildman–Crippen MR) is 129 cm³/mol. The molecule has 0 radical (unpaired) electrons. The highest BCUT2D eigenvalue weighted by atomic mass is 16.5. The lowest BCUT2D eigenvalue weighted by molar-refractivity contribution is -0.117. The van der Waals surface area contributed by atoms with Gasteiger partial charge < -0.3 is 20.3 Å². The second kappa shape index (κ2) is 10.6. The van der Waals surface area contributed by atoms with Gasteiger partial charge in [0.05, 0.1) is 13.7 Å².